The molecule has 4 aromatic carbocycles. The summed E-state index contributed by atoms with van der Waals surface area (Å²) in [6.45, 7) is 0. The summed E-state index contributed by atoms with van der Waals surface area (Å²) in [4.78, 5) is 27.6. The number of fused-ring (bicyclic) bond motifs is 2. The maximum absolute atomic E-state index is 14.3. The second-order valence-corrected chi connectivity index (χ2v) is 9.77. The van der Waals surface area contributed by atoms with Gasteiger partial charge in [-0.05, 0) is 54.6 Å². The molecule has 2 aromatic heterocycles. The highest BCUT2D eigenvalue weighted by molar-refractivity contribution is 6.01. The Hall–Kier alpha value is -5.90. The predicted octanol–water partition coefficient (Wildman–Crippen LogP) is 6.35. The van der Waals surface area contributed by atoms with E-state index >= 15 is 0 Å². The van der Waals surface area contributed by atoms with Crippen molar-refractivity contribution in [2.45, 2.75) is 0 Å². The Balaban J connectivity index is 1.72. The van der Waals surface area contributed by atoms with Crippen LogP contribution in [0.25, 0.3) is 55.7 Å². The fourth-order valence-corrected chi connectivity index (χ4v) is 5.15. The SMILES string of the molecule is COc1ccc(-c2cc(=O)c3cc(O)c(-c4c(-c5ccc(OC)cc5)oc5cc(OC)cc(O)c5c4=O)c(OC)c3o2)cc1. The number of hydrogen-bond acceptors (Lipinski definition) is 10. The molecule has 0 amide bonds. The summed E-state index contributed by atoms with van der Waals surface area (Å²) in [5, 5.41) is 22.1. The summed E-state index contributed by atoms with van der Waals surface area (Å²) < 4.78 is 34.0. The average molecular weight is 595 g/mol. The van der Waals surface area contributed by atoms with Gasteiger partial charge in [-0.25, -0.2) is 0 Å². The molecule has 6 aromatic rings. The van der Waals surface area contributed by atoms with Gasteiger partial charge in [0.15, 0.2) is 16.8 Å². The Morgan fingerprint density at radius 2 is 1.23 bits per heavy atom. The largest absolute Gasteiger partial charge is 0.507 e. The second kappa shape index (κ2) is 11.1. The van der Waals surface area contributed by atoms with Crippen LogP contribution in [0.1, 0.15) is 0 Å². The van der Waals surface area contributed by atoms with Crippen molar-refractivity contribution >= 4 is 21.9 Å². The van der Waals surface area contributed by atoms with Crippen molar-refractivity contribution in [3.63, 3.8) is 0 Å². The van der Waals surface area contributed by atoms with Crippen LogP contribution in [0.15, 0.2) is 91.2 Å². The average Bonchev–Trinajstić information content (AvgIpc) is 3.04. The number of rotatable bonds is 7. The van der Waals surface area contributed by atoms with Gasteiger partial charge in [-0.2, -0.15) is 0 Å². The number of hydrogen-bond donors (Lipinski definition) is 2. The van der Waals surface area contributed by atoms with E-state index in [9.17, 15) is 19.8 Å². The van der Waals surface area contributed by atoms with Crippen molar-refractivity contribution in [3.05, 3.63) is 93.2 Å². The molecule has 0 aliphatic carbocycles. The van der Waals surface area contributed by atoms with Crippen LogP contribution in [0.5, 0.6) is 34.5 Å². The Morgan fingerprint density at radius 3 is 1.82 bits per heavy atom. The maximum atomic E-state index is 14.3. The fraction of sp³-hybridized carbons (Fsp3) is 0.118. The van der Waals surface area contributed by atoms with Gasteiger partial charge >= 0.3 is 0 Å². The van der Waals surface area contributed by atoms with Crippen molar-refractivity contribution in [2.24, 2.45) is 0 Å². The van der Waals surface area contributed by atoms with Gasteiger partial charge in [0, 0.05) is 29.3 Å². The van der Waals surface area contributed by atoms with Crippen LogP contribution >= 0.6 is 0 Å². The van der Waals surface area contributed by atoms with Crippen LogP contribution in [-0.4, -0.2) is 38.7 Å². The Bertz CT molecular complexity index is 2160. The highest BCUT2D eigenvalue weighted by Crippen LogP contribution is 2.47. The number of methoxy groups -OCH3 is 4. The van der Waals surface area contributed by atoms with E-state index in [1.165, 1.54) is 45.6 Å². The number of phenolic OH excluding ortho intramolecular Hbond substituents is 2. The third-order valence-corrected chi connectivity index (χ3v) is 7.32. The third kappa shape index (κ3) is 4.62. The standard InChI is InChI=1S/C34H26O10/c1-39-19-9-5-17(6-10-19)26-16-23(35)22-15-25(37)29(34(42-4)33(22)43-26)30-31(38)28-24(36)13-21(41-3)14-27(28)44-32(30)18-7-11-20(40-2)12-8-18/h5-16,36-37H,1-4H3. The van der Waals surface area contributed by atoms with Crippen molar-refractivity contribution in [1.29, 1.82) is 0 Å². The highest BCUT2D eigenvalue weighted by atomic mass is 16.5. The minimum Gasteiger partial charge on any atom is -0.507 e. The first kappa shape index (κ1) is 28.2. The van der Waals surface area contributed by atoms with Crippen LogP contribution in [-0.2, 0) is 0 Å². The van der Waals surface area contributed by atoms with Crippen molar-refractivity contribution < 1.29 is 38.0 Å². The van der Waals surface area contributed by atoms with Gasteiger partial charge in [0.2, 0.25) is 5.43 Å². The van der Waals surface area contributed by atoms with Gasteiger partial charge in [-0.15, -0.1) is 0 Å². The number of phenols is 2. The first-order valence-electron chi connectivity index (χ1n) is 13.3. The number of aromatic hydroxyl groups is 2. The monoisotopic (exact) mass is 594 g/mol. The molecule has 0 atom stereocenters. The zero-order valence-corrected chi connectivity index (χ0v) is 24.1. The lowest BCUT2D eigenvalue weighted by Gasteiger charge is -2.17. The molecule has 0 unspecified atom stereocenters. The summed E-state index contributed by atoms with van der Waals surface area (Å²) in [6, 6.07) is 18.9. The van der Waals surface area contributed by atoms with E-state index in [2.05, 4.69) is 0 Å². The van der Waals surface area contributed by atoms with E-state index in [0.29, 0.717) is 22.6 Å². The summed E-state index contributed by atoms with van der Waals surface area (Å²) in [7, 11) is 5.82. The van der Waals surface area contributed by atoms with E-state index in [4.69, 9.17) is 27.8 Å². The molecule has 0 spiro atoms. The molecule has 10 nitrogen and oxygen atoms in total. The number of benzene rings is 4. The minimum atomic E-state index is -0.668. The zero-order valence-electron chi connectivity index (χ0n) is 24.1. The lowest BCUT2D eigenvalue weighted by atomic mass is 9.95. The van der Waals surface area contributed by atoms with Crippen LogP contribution in [0.2, 0.25) is 0 Å². The van der Waals surface area contributed by atoms with E-state index in [0.717, 1.165) is 0 Å². The molecule has 44 heavy (non-hydrogen) atoms. The van der Waals surface area contributed by atoms with Gasteiger partial charge < -0.3 is 38.0 Å². The van der Waals surface area contributed by atoms with Crippen LogP contribution in [0.3, 0.4) is 0 Å². The molecule has 0 aliphatic heterocycles. The van der Waals surface area contributed by atoms with Crippen molar-refractivity contribution in [1.82, 2.24) is 0 Å². The van der Waals surface area contributed by atoms with Crippen LogP contribution in [0.4, 0.5) is 0 Å². The van der Waals surface area contributed by atoms with E-state index < -0.39 is 16.6 Å². The Kier molecular flexibility index (Phi) is 7.10. The molecule has 0 fully saturated rings. The lowest BCUT2D eigenvalue weighted by Crippen LogP contribution is -2.10. The molecule has 222 valence electrons. The smallest absolute Gasteiger partial charge is 0.205 e. The topological polar surface area (TPSA) is 138 Å². The van der Waals surface area contributed by atoms with Crippen LogP contribution < -0.4 is 29.8 Å². The molecule has 2 N–H and O–H groups in total. The first-order valence-corrected chi connectivity index (χ1v) is 13.3. The summed E-state index contributed by atoms with van der Waals surface area (Å²) >= 11 is 0. The molecule has 6 rings (SSSR count). The van der Waals surface area contributed by atoms with Crippen LogP contribution in [0, 0.1) is 0 Å². The molecule has 0 bridgehead atoms. The van der Waals surface area contributed by atoms with Crippen molar-refractivity contribution in [2.75, 3.05) is 28.4 Å². The van der Waals surface area contributed by atoms with Gasteiger partial charge in [0.1, 0.15) is 51.2 Å². The lowest BCUT2D eigenvalue weighted by molar-refractivity contribution is 0.405. The molecule has 2 heterocycles. The molecule has 0 saturated heterocycles. The highest BCUT2D eigenvalue weighted by Gasteiger charge is 2.28. The molecule has 10 heteroatoms. The summed E-state index contributed by atoms with van der Waals surface area (Å²) in [6.07, 6.45) is 0. The summed E-state index contributed by atoms with van der Waals surface area (Å²) in [5.74, 6) is 0.836. The normalized spacial score (nSPS) is 11.1. The van der Waals surface area contributed by atoms with Crippen molar-refractivity contribution in [3.8, 4) is 68.3 Å². The van der Waals surface area contributed by atoms with Gasteiger partial charge in [0.05, 0.1) is 45.0 Å². The fourth-order valence-electron chi connectivity index (χ4n) is 5.15. The van der Waals surface area contributed by atoms with Gasteiger partial charge in [-0.1, -0.05) is 0 Å². The maximum Gasteiger partial charge on any atom is 0.205 e. The molecule has 0 aliphatic rings. The Labute approximate surface area is 249 Å². The first-order chi connectivity index (χ1) is 21.3. The minimum absolute atomic E-state index is 0.00208. The quantitative estimate of drug-likeness (QED) is 0.215. The third-order valence-electron chi connectivity index (χ3n) is 7.32. The second-order valence-electron chi connectivity index (χ2n) is 9.77. The molecule has 0 radical (unpaired) electrons. The predicted molar refractivity (Wildman–Crippen MR) is 164 cm³/mol. The van der Waals surface area contributed by atoms with Gasteiger partial charge in [-0.3, -0.25) is 9.59 Å². The zero-order chi connectivity index (χ0) is 31.1. The van der Waals surface area contributed by atoms with E-state index in [1.54, 1.807) is 55.6 Å². The van der Waals surface area contributed by atoms with E-state index in [1.807, 2.05) is 0 Å². The number of ether oxygens (including phenoxy) is 4. The summed E-state index contributed by atoms with van der Waals surface area (Å²) in [5.41, 5.74) is -0.237. The molecular weight excluding hydrogens is 568 g/mol. The van der Waals surface area contributed by atoms with Gasteiger partial charge in [0.25, 0.3) is 0 Å². The molecular formula is C34H26O10. The molecule has 0 saturated carbocycles. The Morgan fingerprint density at radius 1 is 0.614 bits per heavy atom. The van der Waals surface area contributed by atoms with E-state index in [-0.39, 0.29) is 61.8 Å².